The van der Waals surface area contributed by atoms with Crippen molar-refractivity contribution in [2.24, 2.45) is 0 Å². The molecule has 0 spiro atoms. The minimum Gasteiger partial charge on any atom is -0.495 e. The first-order chi connectivity index (χ1) is 18.5. The Labute approximate surface area is 238 Å². The van der Waals surface area contributed by atoms with Gasteiger partial charge in [-0.25, -0.2) is 16.8 Å². The number of amides is 1. The Kier molecular flexibility index (Phi) is 9.07. The normalized spacial score (nSPS) is 14.5. The van der Waals surface area contributed by atoms with Gasteiger partial charge in [-0.2, -0.15) is 4.31 Å². The Morgan fingerprint density at radius 1 is 0.923 bits per heavy atom. The van der Waals surface area contributed by atoms with E-state index >= 15 is 0 Å². The maximum absolute atomic E-state index is 13.5. The molecular weight excluding hydrogens is 585 g/mol. The van der Waals surface area contributed by atoms with E-state index in [2.05, 4.69) is 5.32 Å². The van der Waals surface area contributed by atoms with Gasteiger partial charge in [-0.05, 0) is 61.4 Å². The van der Waals surface area contributed by atoms with Crippen molar-refractivity contribution in [3.05, 3.63) is 76.8 Å². The molecule has 9 nitrogen and oxygen atoms in total. The van der Waals surface area contributed by atoms with Crippen molar-refractivity contribution in [2.75, 3.05) is 36.4 Å². The van der Waals surface area contributed by atoms with E-state index in [9.17, 15) is 21.6 Å². The second-order valence-corrected chi connectivity index (χ2v) is 13.5. The number of piperidine rings is 1. The first-order valence-electron chi connectivity index (χ1n) is 12.0. The molecule has 39 heavy (non-hydrogen) atoms. The predicted molar refractivity (Wildman–Crippen MR) is 152 cm³/mol. The Bertz CT molecular complexity index is 1540. The average Bonchev–Trinajstić information content (AvgIpc) is 2.92. The molecule has 0 aromatic heterocycles. The predicted octanol–water partition coefficient (Wildman–Crippen LogP) is 5.01. The summed E-state index contributed by atoms with van der Waals surface area (Å²) in [4.78, 5) is 13.1. The summed E-state index contributed by atoms with van der Waals surface area (Å²) in [5, 5.41) is 2.99. The molecular formula is C26H27Cl2N3O6S2. The monoisotopic (exact) mass is 611 g/mol. The Morgan fingerprint density at radius 2 is 1.56 bits per heavy atom. The Balaban J connectivity index is 1.65. The fourth-order valence-corrected chi connectivity index (χ4v) is 7.89. The fraction of sp³-hybridized carbons (Fsp3) is 0.269. The van der Waals surface area contributed by atoms with Gasteiger partial charge < -0.3 is 10.1 Å². The van der Waals surface area contributed by atoms with E-state index in [4.69, 9.17) is 27.9 Å². The fourth-order valence-electron chi connectivity index (χ4n) is 4.25. The molecule has 0 bridgehead atoms. The van der Waals surface area contributed by atoms with Crippen LogP contribution in [0.4, 0.5) is 11.4 Å². The third-order valence-electron chi connectivity index (χ3n) is 6.13. The van der Waals surface area contributed by atoms with Crippen LogP contribution in [0.2, 0.25) is 10.0 Å². The standard InChI is InChI=1S/C26H27Cl2N3O6S2/c1-37-24-11-10-21(17-25(24)39(35,36)30-12-6-3-7-13-30)29-26(32)18-31(22-15-19(27)14-20(28)16-22)38(33,34)23-8-4-2-5-9-23/h2,4-5,8-11,14-17H,3,6-7,12-13,18H2,1H3,(H,29,32). The summed E-state index contributed by atoms with van der Waals surface area (Å²) >= 11 is 12.3. The minimum absolute atomic E-state index is 0.0340. The molecule has 3 aromatic carbocycles. The van der Waals surface area contributed by atoms with E-state index in [1.807, 2.05) is 0 Å². The molecule has 0 saturated carbocycles. The second-order valence-electron chi connectivity index (χ2n) is 8.83. The molecule has 3 aromatic rings. The van der Waals surface area contributed by atoms with Gasteiger partial charge in [0.15, 0.2) is 0 Å². The molecule has 208 valence electrons. The van der Waals surface area contributed by atoms with Crippen molar-refractivity contribution in [2.45, 2.75) is 29.1 Å². The van der Waals surface area contributed by atoms with Gasteiger partial charge in [0, 0.05) is 28.8 Å². The number of halogens is 2. The zero-order valence-electron chi connectivity index (χ0n) is 21.0. The van der Waals surface area contributed by atoms with Gasteiger partial charge >= 0.3 is 0 Å². The van der Waals surface area contributed by atoms with Crippen LogP contribution in [-0.2, 0) is 24.8 Å². The third-order valence-corrected chi connectivity index (χ3v) is 10.3. The van der Waals surface area contributed by atoms with E-state index in [-0.39, 0.29) is 37.0 Å². The van der Waals surface area contributed by atoms with Crippen molar-refractivity contribution in [1.29, 1.82) is 0 Å². The Morgan fingerprint density at radius 3 is 2.18 bits per heavy atom. The topological polar surface area (TPSA) is 113 Å². The van der Waals surface area contributed by atoms with Gasteiger partial charge in [-0.1, -0.05) is 47.8 Å². The molecule has 4 rings (SSSR count). The molecule has 1 saturated heterocycles. The summed E-state index contributed by atoms with van der Waals surface area (Å²) in [6, 6.07) is 16.1. The van der Waals surface area contributed by atoms with Crippen LogP contribution in [0.1, 0.15) is 19.3 Å². The number of hydrogen-bond acceptors (Lipinski definition) is 6. The summed E-state index contributed by atoms with van der Waals surface area (Å²) < 4.78 is 61.4. The maximum Gasteiger partial charge on any atom is 0.264 e. The summed E-state index contributed by atoms with van der Waals surface area (Å²) in [7, 11) is -6.71. The molecule has 1 amide bonds. The number of ether oxygens (including phenoxy) is 1. The van der Waals surface area contributed by atoms with E-state index in [0.29, 0.717) is 13.1 Å². The van der Waals surface area contributed by atoms with Crippen molar-refractivity contribution in [3.63, 3.8) is 0 Å². The molecule has 0 unspecified atom stereocenters. The summed E-state index contributed by atoms with van der Waals surface area (Å²) in [6.07, 6.45) is 2.48. The SMILES string of the molecule is COc1ccc(NC(=O)CN(c2cc(Cl)cc(Cl)c2)S(=O)(=O)c2ccccc2)cc1S(=O)(=O)N1CCCCC1. The average molecular weight is 613 g/mol. The molecule has 1 fully saturated rings. The van der Waals surface area contributed by atoms with Gasteiger partial charge in [0.2, 0.25) is 15.9 Å². The number of sulfonamides is 2. The van der Waals surface area contributed by atoms with Crippen LogP contribution in [0, 0.1) is 0 Å². The van der Waals surface area contributed by atoms with Crippen molar-refractivity contribution in [3.8, 4) is 5.75 Å². The summed E-state index contributed by atoms with van der Waals surface area (Å²) in [5.41, 5.74) is 0.257. The van der Waals surface area contributed by atoms with Gasteiger partial charge in [0.25, 0.3) is 10.0 Å². The van der Waals surface area contributed by atoms with Gasteiger partial charge in [-0.15, -0.1) is 0 Å². The third kappa shape index (κ3) is 6.67. The van der Waals surface area contributed by atoms with Crippen molar-refractivity contribution >= 4 is 60.5 Å². The van der Waals surface area contributed by atoms with Crippen molar-refractivity contribution < 1.29 is 26.4 Å². The number of nitrogens with one attached hydrogen (secondary N) is 1. The first-order valence-corrected chi connectivity index (χ1v) is 15.7. The zero-order valence-corrected chi connectivity index (χ0v) is 24.2. The van der Waals surface area contributed by atoms with Crippen LogP contribution in [0.5, 0.6) is 5.75 Å². The number of methoxy groups -OCH3 is 1. The van der Waals surface area contributed by atoms with E-state index < -0.39 is 32.5 Å². The Hall–Kier alpha value is -2.83. The first kappa shape index (κ1) is 29.2. The molecule has 1 heterocycles. The van der Waals surface area contributed by atoms with E-state index in [1.54, 1.807) is 18.2 Å². The lowest BCUT2D eigenvalue weighted by molar-refractivity contribution is -0.114. The molecule has 13 heteroatoms. The lowest BCUT2D eigenvalue weighted by atomic mass is 10.2. The summed E-state index contributed by atoms with van der Waals surface area (Å²) in [5.74, 6) is -0.572. The van der Waals surface area contributed by atoms with E-state index in [0.717, 1.165) is 23.6 Å². The van der Waals surface area contributed by atoms with Gasteiger partial charge in [-0.3, -0.25) is 9.10 Å². The highest BCUT2D eigenvalue weighted by Gasteiger charge is 2.30. The second kappa shape index (κ2) is 12.1. The molecule has 0 atom stereocenters. The zero-order chi connectivity index (χ0) is 28.2. The summed E-state index contributed by atoms with van der Waals surface area (Å²) in [6.45, 7) is 0.168. The van der Waals surface area contributed by atoms with Crippen LogP contribution in [0.15, 0.2) is 76.5 Å². The molecule has 1 N–H and O–H groups in total. The number of anilines is 2. The van der Waals surface area contributed by atoms with Crippen molar-refractivity contribution in [1.82, 2.24) is 4.31 Å². The molecule has 1 aliphatic heterocycles. The highest BCUT2D eigenvalue weighted by Crippen LogP contribution is 2.32. The number of benzene rings is 3. The molecule has 0 aliphatic carbocycles. The molecule has 1 aliphatic rings. The van der Waals surface area contributed by atoms with Crippen LogP contribution >= 0.6 is 23.2 Å². The molecule has 0 radical (unpaired) electrons. The van der Waals surface area contributed by atoms with Crippen LogP contribution in [-0.4, -0.2) is 53.8 Å². The van der Waals surface area contributed by atoms with E-state index in [1.165, 1.54) is 59.9 Å². The highest BCUT2D eigenvalue weighted by molar-refractivity contribution is 7.92. The van der Waals surface area contributed by atoms with Gasteiger partial charge in [0.05, 0.1) is 17.7 Å². The van der Waals surface area contributed by atoms with Crippen LogP contribution < -0.4 is 14.4 Å². The quantitative estimate of drug-likeness (QED) is 0.364. The number of rotatable bonds is 9. The van der Waals surface area contributed by atoms with Crippen LogP contribution in [0.25, 0.3) is 0 Å². The minimum atomic E-state index is -4.20. The number of carbonyl (C=O) groups is 1. The largest absolute Gasteiger partial charge is 0.495 e. The van der Waals surface area contributed by atoms with Gasteiger partial charge in [0.1, 0.15) is 17.2 Å². The number of nitrogens with zero attached hydrogens (tertiary/aromatic N) is 2. The maximum atomic E-state index is 13.5. The van der Waals surface area contributed by atoms with Crippen LogP contribution in [0.3, 0.4) is 0 Å². The highest BCUT2D eigenvalue weighted by atomic mass is 35.5. The lowest BCUT2D eigenvalue weighted by Gasteiger charge is -2.27. The lowest BCUT2D eigenvalue weighted by Crippen LogP contribution is -2.38. The number of hydrogen-bond donors (Lipinski definition) is 1. The smallest absolute Gasteiger partial charge is 0.264 e. The number of carbonyl (C=O) groups excluding carboxylic acids is 1.